The molecule has 68 valence electrons. The van der Waals surface area contributed by atoms with E-state index in [9.17, 15) is 0 Å². The second-order valence-electron chi connectivity index (χ2n) is 0.666. The Balaban J connectivity index is -0.0000000325. The van der Waals surface area contributed by atoms with Crippen LogP contribution >= 0.6 is 12.4 Å². The average molecular weight is 188 g/mol. The number of carbonyl (C=O) groups is 2. The molecular formula is C3H10ClN3O4. The van der Waals surface area contributed by atoms with Crippen molar-refractivity contribution in [2.45, 2.75) is 0 Å². The fourth-order valence-corrected chi connectivity index (χ4v) is 0. The van der Waals surface area contributed by atoms with E-state index in [0.29, 0.717) is 0 Å². The van der Waals surface area contributed by atoms with Gasteiger partial charge in [0.05, 0.1) is 0 Å². The minimum Gasteiger partial charge on any atom is -0.483 e. The van der Waals surface area contributed by atoms with Crippen LogP contribution in [0.5, 0.6) is 0 Å². The molecule has 0 saturated carbocycles. The average Bonchev–Trinajstić information content (AvgIpc) is 1.65. The highest BCUT2D eigenvalue weighted by atomic mass is 35.5. The van der Waals surface area contributed by atoms with E-state index in [1.54, 1.807) is 0 Å². The summed E-state index contributed by atoms with van der Waals surface area (Å²) in [6.45, 7) is -0.500. The van der Waals surface area contributed by atoms with E-state index < -0.39 is 0 Å². The van der Waals surface area contributed by atoms with Crippen molar-refractivity contribution in [1.29, 1.82) is 5.41 Å². The van der Waals surface area contributed by atoms with Gasteiger partial charge in [0.25, 0.3) is 12.9 Å². The van der Waals surface area contributed by atoms with E-state index in [-0.39, 0.29) is 31.3 Å². The number of halogens is 1. The maximum absolute atomic E-state index is 8.36. The van der Waals surface area contributed by atoms with Crippen molar-refractivity contribution < 1.29 is 19.8 Å². The molecule has 0 rings (SSSR count). The molecule has 0 spiro atoms. The summed E-state index contributed by atoms with van der Waals surface area (Å²) in [5.41, 5.74) is 8.94. The van der Waals surface area contributed by atoms with E-state index in [2.05, 4.69) is 11.5 Å². The third-order valence-electron chi connectivity index (χ3n) is 0. The van der Waals surface area contributed by atoms with Crippen LogP contribution in [0.2, 0.25) is 0 Å². The van der Waals surface area contributed by atoms with Crippen LogP contribution in [0.15, 0.2) is 0 Å². The molecule has 0 aromatic heterocycles. The highest BCUT2D eigenvalue weighted by molar-refractivity contribution is 5.85. The second-order valence-corrected chi connectivity index (χ2v) is 0.666. The molecule has 0 heterocycles. The molecule has 0 fully saturated rings. The lowest BCUT2D eigenvalue weighted by molar-refractivity contribution is -0.123. The lowest BCUT2D eigenvalue weighted by atomic mass is 11.1. The Bertz CT molecular complexity index is 88.6. The van der Waals surface area contributed by atoms with Crippen molar-refractivity contribution >= 4 is 31.3 Å². The van der Waals surface area contributed by atoms with E-state index in [0.717, 1.165) is 0 Å². The number of carboxylic acid groups (broad SMARTS) is 2. The van der Waals surface area contributed by atoms with Crippen LogP contribution < -0.4 is 11.5 Å². The van der Waals surface area contributed by atoms with Gasteiger partial charge in [-0.2, -0.15) is 0 Å². The maximum atomic E-state index is 8.36. The first-order valence-corrected chi connectivity index (χ1v) is 1.82. The summed E-state index contributed by atoms with van der Waals surface area (Å²) in [6.07, 6.45) is 0. The lowest BCUT2D eigenvalue weighted by Crippen LogP contribution is -2.20. The molecule has 0 saturated heterocycles. The summed E-state index contributed by atoms with van der Waals surface area (Å²) in [4.78, 5) is 16.7. The largest absolute Gasteiger partial charge is 0.483 e. The summed E-state index contributed by atoms with van der Waals surface area (Å²) in [6, 6.07) is 0. The van der Waals surface area contributed by atoms with Gasteiger partial charge >= 0.3 is 0 Å². The second kappa shape index (κ2) is 39.0. The number of rotatable bonds is 0. The monoisotopic (exact) mass is 187 g/mol. The molecule has 11 heavy (non-hydrogen) atoms. The molecule has 7 N–H and O–H groups in total. The summed E-state index contributed by atoms with van der Waals surface area (Å²) in [5.74, 6) is -0.333. The number of hydrogen-bond donors (Lipinski definition) is 5. The summed E-state index contributed by atoms with van der Waals surface area (Å²) in [7, 11) is 0. The van der Waals surface area contributed by atoms with Gasteiger partial charge < -0.3 is 21.7 Å². The lowest BCUT2D eigenvalue weighted by Gasteiger charge is -1.69. The first-order valence-electron chi connectivity index (χ1n) is 1.82. The number of nitrogens with one attached hydrogen (secondary N) is 1. The fraction of sp³-hybridized carbons (Fsp3) is 0. The van der Waals surface area contributed by atoms with Crippen LogP contribution in [0.3, 0.4) is 0 Å². The summed E-state index contributed by atoms with van der Waals surface area (Å²) < 4.78 is 0. The first-order chi connectivity index (χ1) is 4.56. The van der Waals surface area contributed by atoms with E-state index in [1.165, 1.54) is 0 Å². The van der Waals surface area contributed by atoms with Crippen LogP contribution in [-0.4, -0.2) is 29.1 Å². The van der Waals surface area contributed by atoms with Gasteiger partial charge in [0.1, 0.15) is 0 Å². The molecule has 7 nitrogen and oxygen atoms in total. The van der Waals surface area contributed by atoms with Gasteiger partial charge in [-0.25, -0.2) is 0 Å². The molecule has 0 aromatic carbocycles. The zero-order valence-electron chi connectivity index (χ0n) is 5.43. The molecule has 0 aromatic rings. The zero-order valence-corrected chi connectivity index (χ0v) is 6.25. The molecule has 0 amide bonds. The van der Waals surface area contributed by atoms with Gasteiger partial charge in [-0.15, -0.1) is 12.4 Å². The molecule has 0 aliphatic rings. The minimum atomic E-state index is -0.333. The van der Waals surface area contributed by atoms with Crippen LogP contribution in [0.1, 0.15) is 0 Å². The molecule has 0 radical (unpaired) electrons. The van der Waals surface area contributed by atoms with Crippen LogP contribution in [0, 0.1) is 5.41 Å². The van der Waals surface area contributed by atoms with Gasteiger partial charge in [-0.1, -0.05) is 0 Å². The van der Waals surface area contributed by atoms with E-state index >= 15 is 0 Å². The maximum Gasteiger partial charge on any atom is 0.290 e. The van der Waals surface area contributed by atoms with Crippen molar-refractivity contribution in [3.63, 3.8) is 0 Å². The molecular weight excluding hydrogens is 178 g/mol. The molecule has 0 unspecified atom stereocenters. The van der Waals surface area contributed by atoms with Crippen molar-refractivity contribution in [1.82, 2.24) is 0 Å². The van der Waals surface area contributed by atoms with Crippen molar-refractivity contribution in [2.24, 2.45) is 11.5 Å². The predicted octanol–water partition coefficient (Wildman–Crippen LogP) is -1.34. The van der Waals surface area contributed by atoms with Crippen molar-refractivity contribution in [2.75, 3.05) is 0 Å². The smallest absolute Gasteiger partial charge is 0.290 e. The van der Waals surface area contributed by atoms with Gasteiger partial charge in [-0.05, 0) is 0 Å². The van der Waals surface area contributed by atoms with Gasteiger partial charge in [0, 0.05) is 0 Å². The standard InChI is InChI=1S/CH5N3.2CH2O2.ClH/c2-1(3)4;2*2-1-3;/h(H5,2,3,4);2*1H,(H,2,3);1H. The predicted molar refractivity (Wildman–Crippen MR) is 40.7 cm³/mol. The van der Waals surface area contributed by atoms with E-state index in [4.69, 9.17) is 25.2 Å². The topological polar surface area (TPSA) is 150 Å². The Morgan fingerprint density at radius 3 is 1.18 bits per heavy atom. The van der Waals surface area contributed by atoms with Crippen molar-refractivity contribution in [3.8, 4) is 0 Å². The normalized spacial score (nSPS) is 4.36. The molecule has 0 aliphatic carbocycles. The summed E-state index contributed by atoms with van der Waals surface area (Å²) >= 11 is 0. The molecule has 8 heteroatoms. The SMILES string of the molecule is Cl.N=C(N)N.O=CO.O=CO. The third-order valence-corrected chi connectivity index (χ3v) is 0. The van der Waals surface area contributed by atoms with Gasteiger partial charge in [-0.3, -0.25) is 15.0 Å². The summed E-state index contributed by atoms with van der Waals surface area (Å²) in [5, 5.41) is 19.8. The number of hydrogen-bond acceptors (Lipinski definition) is 3. The Kier molecular flexibility index (Phi) is 80.5. The van der Waals surface area contributed by atoms with Gasteiger partial charge in [0.15, 0.2) is 5.96 Å². The van der Waals surface area contributed by atoms with Crippen LogP contribution in [0.25, 0.3) is 0 Å². The third kappa shape index (κ3) is 160. The van der Waals surface area contributed by atoms with E-state index in [1.807, 2.05) is 0 Å². The quantitative estimate of drug-likeness (QED) is 0.180. The number of guanidine groups is 1. The Hall–Kier alpha value is -1.50. The zero-order chi connectivity index (χ0) is 8.99. The number of nitrogens with two attached hydrogens (primary N) is 2. The minimum absolute atomic E-state index is 0. The molecule has 0 aliphatic heterocycles. The molecule has 0 bridgehead atoms. The molecule has 0 atom stereocenters. The Labute approximate surface area is 68.9 Å². The highest BCUT2D eigenvalue weighted by Gasteiger charge is 1.52. The fourth-order valence-electron chi connectivity index (χ4n) is 0. The van der Waals surface area contributed by atoms with Crippen LogP contribution in [-0.2, 0) is 9.59 Å². The first kappa shape index (κ1) is 22.7. The highest BCUT2D eigenvalue weighted by Crippen LogP contribution is 1.13. The Morgan fingerprint density at radius 2 is 1.18 bits per heavy atom. The van der Waals surface area contributed by atoms with Crippen molar-refractivity contribution in [3.05, 3.63) is 0 Å². The Morgan fingerprint density at radius 1 is 1.18 bits per heavy atom. The van der Waals surface area contributed by atoms with Gasteiger partial charge in [0.2, 0.25) is 0 Å². The van der Waals surface area contributed by atoms with Crippen LogP contribution in [0.4, 0.5) is 0 Å².